The van der Waals surface area contributed by atoms with Gasteiger partial charge in [0.1, 0.15) is 5.75 Å². The number of aryl methyl sites for hydroxylation is 1. The van der Waals surface area contributed by atoms with E-state index in [0.717, 1.165) is 5.75 Å². The van der Waals surface area contributed by atoms with E-state index in [2.05, 4.69) is 43.5 Å². The van der Waals surface area contributed by atoms with Crippen LogP contribution in [0.15, 0.2) is 12.1 Å². The van der Waals surface area contributed by atoms with Crippen LogP contribution in [0, 0.1) is 13.8 Å². The lowest BCUT2D eigenvalue weighted by Gasteiger charge is -2.22. The summed E-state index contributed by atoms with van der Waals surface area (Å²) in [6.45, 7) is 7.64. The molecule has 1 saturated heterocycles. The Bertz CT molecular complexity index is 425. The summed E-state index contributed by atoms with van der Waals surface area (Å²) in [4.78, 5) is 0. The summed E-state index contributed by atoms with van der Waals surface area (Å²) in [5, 5.41) is 7.17. The molecule has 2 unspecified atom stereocenters. The fourth-order valence-corrected chi connectivity index (χ4v) is 3.01. The van der Waals surface area contributed by atoms with Crippen molar-refractivity contribution in [3.8, 4) is 5.75 Å². The first kappa shape index (κ1) is 14.2. The lowest BCUT2D eigenvalue weighted by atomic mass is 10.0. The van der Waals surface area contributed by atoms with Gasteiger partial charge in [0.15, 0.2) is 0 Å². The highest BCUT2D eigenvalue weighted by Crippen LogP contribution is 2.30. The number of hydrogen-bond donors (Lipinski definition) is 2. The second-order valence-electron chi connectivity index (χ2n) is 5.66. The van der Waals surface area contributed by atoms with Gasteiger partial charge in [0.2, 0.25) is 0 Å². The van der Waals surface area contributed by atoms with E-state index in [4.69, 9.17) is 4.74 Å². The molecule has 3 heteroatoms. The van der Waals surface area contributed by atoms with Crippen LogP contribution in [0.1, 0.15) is 37.3 Å². The number of benzene rings is 1. The molecule has 2 N–H and O–H groups in total. The van der Waals surface area contributed by atoms with Crippen LogP contribution < -0.4 is 15.4 Å². The van der Waals surface area contributed by atoms with E-state index >= 15 is 0 Å². The first-order valence-electron chi connectivity index (χ1n) is 7.26. The molecule has 1 aromatic carbocycles. The molecular formula is C16H26N2O. The molecule has 0 aliphatic carbocycles. The maximum Gasteiger partial charge on any atom is 0.126 e. The van der Waals surface area contributed by atoms with Crippen molar-refractivity contribution in [3.63, 3.8) is 0 Å². The Kier molecular flexibility index (Phi) is 4.70. The number of rotatable bonds is 5. The second-order valence-corrected chi connectivity index (χ2v) is 5.66. The minimum atomic E-state index is 0.474. The second kappa shape index (κ2) is 6.29. The van der Waals surface area contributed by atoms with Crippen molar-refractivity contribution in [2.45, 2.75) is 52.1 Å². The van der Waals surface area contributed by atoms with E-state index in [1.165, 1.54) is 42.6 Å². The van der Waals surface area contributed by atoms with Gasteiger partial charge in [0.25, 0.3) is 0 Å². The summed E-state index contributed by atoms with van der Waals surface area (Å²) in [7, 11) is 1.74. The third-order valence-electron chi connectivity index (χ3n) is 4.01. The van der Waals surface area contributed by atoms with Crippen molar-refractivity contribution in [1.82, 2.24) is 5.32 Å². The molecule has 1 heterocycles. The lowest BCUT2D eigenvalue weighted by Crippen LogP contribution is -2.29. The van der Waals surface area contributed by atoms with Gasteiger partial charge in [-0.1, -0.05) is 6.07 Å². The van der Waals surface area contributed by atoms with Gasteiger partial charge >= 0.3 is 0 Å². The van der Waals surface area contributed by atoms with Crippen LogP contribution in [0.2, 0.25) is 0 Å². The maximum atomic E-state index is 5.48. The fourth-order valence-electron chi connectivity index (χ4n) is 3.01. The van der Waals surface area contributed by atoms with E-state index in [1.54, 1.807) is 7.11 Å². The summed E-state index contributed by atoms with van der Waals surface area (Å²) < 4.78 is 5.48. The van der Waals surface area contributed by atoms with E-state index < -0.39 is 0 Å². The summed E-state index contributed by atoms with van der Waals surface area (Å²) >= 11 is 0. The number of methoxy groups -OCH3 is 1. The number of hydrogen-bond acceptors (Lipinski definition) is 3. The van der Waals surface area contributed by atoms with Gasteiger partial charge in [-0.05, 0) is 58.2 Å². The normalized spacial score (nSPS) is 20.3. The topological polar surface area (TPSA) is 33.3 Å². The summed E-state index contributed by atoms with van der Waals surface area (Å²) in [5.74, 6) is 0.996. The van der Waals surface area contributed by atoms with Gasteiger partial charge in [-0.15, -0.1) is 0 Å². The molecule has 0 spiro atoms. The molecule has 0 aromatic heterocycles. The van der Waals surface area contributed by atoms with Crippen molar-refractivity contribution in [2.75, 3.05) is 19.0 Å². The molecule has 1 fully saturated rings. The zero-order valence-electron chi connectivity index (χ0n) is 12.5. The SMILES string of the molecule is COc1c(C)ccc(NC(C)CC2CCCN2)c1C. The Morgan fingerprint density at radius 1 is 1.42 bits per heavy atom. The predicted octanol–water partition coefficient (Wildman–Crippen LogP) is 3.25. The van der Waals surface area contributed by atoms with Crippen LogP contribution in [0.5, 0.6) is 5.75 Å². The van der Waals surface area contributed by atoms with Crippen LogP contribution in [0.25, 0.3) is 0 Å². The first-order valence-corrected chi connectivity index (χ1v) is 7.26. The molecular weight excluding hydrogens is 236 g/mol. The van der Waals surface area contributed by atoms with Gasteiger partial charge in [-0.2, -0.15) is 0 Å². The molecule has 2 rings (SSSR count). The van der Waals surface area contributed by atoms with Gasteiger partial charge in [-0.25, -0.2) is 0 Å². The van der Waals surface area contributed by atoms with Gasteiger partial charge in [0, 0.05) is 23.3 Å². The summed E-state index contributed by atoms with van der Waals surface area (Å²) in [6.07, 6.45) is 3.80. The minimum Gasteiger partial charge on any atom is -0.496 e. The molecule has 1 aliphatic rings. The van der Waals surface area contributed by atoms with E-state index in [9.17, 15) is 0 Å². The Morgan fingerprint density at radius 2 is 2.21 bits per heavy atom. The minimum absolute atomic E-state index is 0.474. The first-order chi connectivity index (χ1) is 9.11. The van der Waals surface area contributed by atoms with Crippen molar-refractivity contribution in [1.29, 1.82) is 0 Å². The Morgan fingerprint density at radius 3 is 2.84 bits per heavy atom. The lowest BCUT2D eigenvalue weighted by molar-refractivity contribution is 0.408. The smallest absolute Gasteiger partial charge is 0.126 e. The fraction of sp³-hybridized carbons (Fsp3) is 0.625. The molecule has 0 radical (unpaired) electrons. The molecule has 1 aliphatic heterocycles. The Labute approximate surface area is 116 Å². The largest absolute Gasteiger partial charge is 0.496 e. The number of nitrogens with one attached hydrogen (secondary N) is 2. The van der Waals surface area contributed by atoms with Crippen LogP contribution >= 0.6 is 0 Å². The maximum absolute atomic E-state index is 5.48. The molecule has 1 aromatic rings. The molecule has 106 valence electrons. The molecule has 0 amide bonds. The van der Waals surface area contributed by atoms with Crippen LogP contribution in [0.4, 0.5) is 5.69 Å². The van der Waals surface area contributed by atoms with Gasteiger partial charge < -0.3 is 15.4 Å². The van der Waals surface area contributed by atoms with Crippen molar-refractivity contribution in [2.24, 2.45) is 0 Å². The predicted molar refractivity (Wildman–Crippen MR) is 81.2 cm³/mol. The Balaban J connectivity index is 2.01. The van der Waals surface area contributed by atoms with Crippen LogP contribution in [0.3, 0.4) is 0 Å². The zero-order valence-corrected chi connectivity index (χ0v) is 12.5. The molecule has 19 heavy (non-hydrogen) atoms. The summed E-state index contributed by atoms with van der Waals surface area (Å²) in [5.41, 5.74) is 3.58. The molecule has 2 atom stereocenters. The summed E-state index contributed by atoms with van der Waals surface area (Å²) in [6, 6.07) is 5.43. The average Bonchev–Trinajstić information content (AvgIpc) is 2.86. The molecule has 0 bridgehead atoms. The van der Waals surface area contributed by atoms with Crippen molar-refractivity contribution < 1.29 is 4.74 Å². The average molecular weight is 262 g/mol. The van der Waals surface area contributed by atoms with Crippen LogP contribution in [-0.4, -0.2) is 25.7 Å². The number of ether oxygens (including phenoxy) is 1. The Hall–Kier alpha value is -1.22. The molecule has 0 saturated carbocycles. The number of anilines is 1. The van der Waals surface area contributed by atoms with E-state index in [1.807, 2.05) is 0 Å². The van der Waals surface area contributed by atoms with E-state index in [0.29, 0.717) is 12.1 Å². The highest BCUT2D eigenvalue weighted by atomic mass is 16.5. The highest BCUT2D eigenvalue weighted by molar-refractivity contribution is 5.60. The highest BCUT2D eigenvalue weighted by Gasteiger charge is 2.17. The third kappa shape index (κ3) is 3.41. The van der Waals surface area contributed by atoms with Crippen LogP contribution in [-0.2, 0) is 0 Å². The van der Waals surface area contributed by atoms with Gasteiger partial charge in [-0.3, -0.25) is 0 Å². The van der Waals surface area contributed by atoms with Gasteiger partial charge in [0.05, 0.1) is 7.11 Å². The third-order valence-corrected chi connectivity index (χ3v) is 4.01. The van der Waals surface area contributed by atoms with Crippen molar-refractivity contribution >= 4 is 5.69 Å². The van der Waals surface area contributed by atoms with E-state index in [-0.39, 0.29) is 0 Å². The monoisotopic (exact) mass is 262 g/mol. The van der Waals surface area contributed by atoms with Crippen molar-refractivity contribution in [3.05, 3.63) is 23.3 Å². The standard InChI is InChI=1S/C16H26N2O/c1-11-7-8-15(13(3)16(11)19-4)18-12(2)10-14-6-5-9-17-14/h7-8,12,14,17-18H,5-6,9-10H2,1-4H3. The zero-order chi connectivity index (χ0) is 13.8. The quantitative estimate of drug-likeness (QED) is 0.854. The molecule has 3 nitrogen and oxygen atoms in total.